The minimum atomic E-state index is -5.03. The summed E-state index contributed by atoms with van der Waals surface area (Å²) in [5.41, 5.74) is -0.647. The molecular weight excluding hydrogens is 696 g/mol. The van der Waals surface area contributed by atoms with E-state index < -0.39 is 39.4 Å². The fourth-order valence-electron chi connectivity index (χ4n) is 6.40. The largest absolute Gasteiger partial charge is 0.489 e. The van der Waals surface area contributed by atoms with Gasteiger partial charge in [0.15, 0.2) is 15.6 Å². The lowest BCUT2D eigenvalue weighted by molar-refractivity contribution is -0.143. The maximum atomic E-state index is 13.9. The molecule has 0 N–H and O–H groups in total. The average Bonchev–Trinajstić information content (AvgIpc) is 3.58. The number of aromatic nitrogens is 3. The SMILES string of the molecule is CCN(CC1CCCC1)c1nc2ccc(C)cc2cc1CN(c1ncc(OCCS(C)(=O)=O)cn1)C(C)c1cc(C(F)(F)F)cc(C(F)(F)F)c1. The molecule has 15 heteroatoms. The number of hydrogen-bond acceptors (Lipinski definition) is 8. The van der Waals surface area contributed by atoms with Crippen molar-refractivity contribution in [3.8, 4) is 5.75 Å². The molecule has 51 heavy (non-hydrogen) atoms. The first kappa shape index (κ1) is 38.1. The van der Waals surface area contributed by atoms with Crippen LogP contribution in [0.25, 0.3) is 10.9 Å². The normalized spacial score (nSPS) is 14.9. The van der Waals surface area contributed by atoms with E-state index in [-0.39, 0.29) is 42.2 Å². The fourth-order valence-corrected chi connectivity index (χ4v) is 6.78. The molecule has 1 atom stereocenters. The molecule has 5 rings (SSSR count). The fraction of sp³-hybridized carbons (Fsp3) is 0.472. The molecule has 0 aliphatic heterocycles. The first-order valence-electron chi connectivity index (χ1n) is 16.7. The number of halogens is 6. The molecule has 1 fully saturated rings. The number of pyridine rings is 1. The summed E-state index contributed by atoms with van der Waals surface area (Å²) < 4.78 is 112. The molecule has 1 aliphatic rings. The summed E-state index contributed by atoms with van der Waals surface area (Å²) in [5.74, 6) is 1.04. The van der Waals surface area contributed by atoms with E-state index in [2.05, 4.69) is 14.9 Å². The van der Waals surface area contributed by atoms with Gasteiger partial charge in [0.1, 0.15) is 12.4 Å². The third-order valence-corrected chi connectivity index (χ3v) is 10.1. The Morgan fingerprint density at radius 1 is 0.941 bits per heavy atom. The highest BCUT2D eigenvalue weighted by Gasteiger charge is 2.38. The topological polar surface area (TPSA) is 88.5 Å². The maximum Gasteiger partial charge on any atom is 0.416 e. The number of alkyl halides is 6. The van der Waals surface area contributed by atoms with E-state index in [1.165, 1.54) is 19.3 Å². The molecule has 0 bridgehead atoms. The van der Waals surface area contributed by atoms with Gasteiger partial charge in [-0.3, -0.25) is 0 Å². The van der Waals surface area contributed by atoms with E-state index in [9.17, 15) is 34.8 Å². The van der Waals surface area contributed by atoms with Gasteiger partial charge in [0.2, 0.25) is 5.95 Å². The molecular formula is C36H41F6N5O3S. The Bertz CT molecular complexity index is 1900. The second-order valence-electron chi connectivity index (χ2n) is 13.2. The van der Waals surface area contributed by atoms with Crippen molar-refractivity contribution in [2.24, 2.45) is 5.92 Å². The zero-order chi connectivity index (χ0) is 37.1. The van der Waals surface area contributed by atoms with Gasteiger partial charge >= 0.3 is 12.4 Å². The smallest absolute Gasteiger partial charge is 0.416 e. The van der Waals surface area contributed by atoms with Crippen LogP contribution in [0.4, 0.5) is 38.1 Å². The molecule has 2 aromatic carbocycles. The summed E-state index contributed by atoms with van der Waals surface area (Å²) in [5, 5.41) is 0.826. The third kappa shape index (κ3) is 9.80. The van der Waals surface area contributed by atoms with Gasteiger partial charge in [-0.05, 0) is 81.5 Å². The van der Waals surface area contributed by atoms with Crippen molar-refractivity contribution in [2.45, 2.75) is 71.4 Å². The lowest BCUT2D eigenvalue weighted by Crippen LogP contribution is -2.33. The average molecular weight is 738 g/mol. The Balaban J connectivity index is 1.62. The molecule has 1 aliphatic carbocycles. The molecule has 0 amide bonds. The van der Waals surface area contributed by atoms with E-state index in [1.54, 1.807) is 4.90 Å². The van der Waals surface area contributed by atoms with E-state index >= 15 is 0 Å². The van der Waals surface area contributed by atoms with Gasteiger partial charge < -0.3 is 14.5 Å². The molecule has 2 heterocycles. The van der Waals surface area contributed by atoms with Crippen molar-refractivity contribution in [1.29, 1.82) is 0 Å². The molecule has 0 spiro atoms. The first-order chi connectivity index (χ1) is 23.9. The van der Waals surface area contributed by atoms with Crippen LogP contribution in [0.3, 0.4) is 0 Å². The predicted molar refractivity (Wildman–Crippen MR) is 185 cm³/mol. The molecule has 1 unspecified atom stereocenters. The van der Waals surface area contributed by atoms with Gasteiger partial charge in [-0.2, -0.15) is 26.3 Å². The van der Waals surface area contributed by atoms with Crippen molar-refractivity contribution >= 4 is 32.5 Å². The highest BCUT2D eigenvalue weighted by atomic mass is 32.2. The van der Waals surface area contributed by atoms with Crippen LogP contribution >= 0.6 is 0 Å². The number of benzene rings is 2. The number of hydrogen-bond donors (Lipinski definition) is 0. The number of sulfone groups is 1. The van der Waals surface area contributed by atoms with Crippen molar-refractivity contribution in [3.05, 3.63) is 82.7 Å². The van der Waals surface area contributed by atoms with Gasteiger partial charge in [-0.1, -0.05) is 24.5 Å². The van der Waals surface area contributed by atoms with Gasteiger partial charge in [0.05, 0.1) is 47.4 Å². The number of fused-ring (bicyclic) bond motifs is 1. The standard InChI is InChI=1S/C36H41F6N5O3S/c1-5-46(21-25-8-6-7-9-25)33-28(15-27-14-23(2)10-11-32(27)45-33)22-47(34-43-19-31(20-44-34)50-12-13-51(4,48)49)24(3)26-16-29(35(37,38)39)18-30(17-26)36(40,41)42/h10-11,14-20,24-25H,5-9,12-13,21-22H2,1-4H3. The Labute approximate surface area is 293 Å². The lowest BCUT2D eigenvalue weighted by Gasteiger charge is -2.33. The van der Waals surface area contributed by atoms with Crippen LogP contribution in [0.2, 0.25) is 0 Å². The zero-order valence-electron chi connectivity index (χ0n) is 28.9. The molecule has 0 radical (unpaired) electrons. The van der Waals surface area contributed by atoms with Crippen molar-refractivity contribution in [2.75, 3.05) is 41.5 Å². The highest BCUT2D eigenvalue weighted by molar-refractivity contribution is 7.90. The monoisotopic (exact) mass is 737 g/mol. The van der Waals surface area contributed by atoms with Crippen molar-refractivity contribution in [1.82, 2.24) is 15.0 Å². The summed E-state index contributed by atoms with van der Waals surface area (Å²) in [6, 6.07) is 8.27. The highest BCUT2D eigenvalue weighted by Crippen LogP contribution is 2.40. The van der Waals surface area contributed by atoms with Gasteiger partial charge in [-0.15, -0.1) is 0 Å². The molecule has 4 aromatic rings. The van der Waals surface area contributed by atoms with Crippen LogP contribution in [0.5, 0.6) is 5.75 Å². The molecule has 0 saturated heterocycles. The Kier molecular flexibility index (Phi) is 11.4. The van der Waals surface area contributed by atoms with Crippen LogP contribution in [-0.2, 0) is 28.7 Å². The maximum absolute atomic E-state index is 13.9. The first-order valence-corrected chi connectivity index (χ1v) is 18.8. The van der Waals surface area contributed by atoms with Crippen LogP contribution in [0, 0.1) is 12.8 Å². The number of anilines is 2. The second-order valence-corrected chi connectivity index (χ2v) is 15.5. The van der Waals surface area contributed by atoms with Crippen molar-refractivity contribution < 1.29 is 39.5 Å². The van der Waals surface area contributed by atoms with E-state index in [4.69, 9.17) is 9.72 Å². The van der Waals surface area contributed by atoms with Crippen LogP contribution in [0.1, 0.15) is 73.4 Å². The summed E-state index contributed by atoms with van der Waals surface area (Å²) in [4.78, 5) is 17.6. The minimum absolute atomic E-state index is 0.0121. The van der Waals surface area contributed by atoms with E-state index in [0.29, 0.717) is 23.8 Å². The molecule has 2 aromatic heterocycles. The number of ether oxygens (including phenoxy) is 1. The van der Waals surface area contributed by atoms with E-state index in [0.717, 1.165) is 67.1 Å². The third-order valence-electron chi connectivity index (χ3n) is 9.16. The van der Waals surface area contributed by atoms with Crippen LogP contribution in [0.15, 0.2) is 54.9 Å². The number of rotatable bonds is 13. The van der Waals surface area contributed by atoms with E-state index in [1.807, 2.05) is 38.1 Å². The Morgan fingerprint density at radius 3 is 2.14 bits per heavy atom. The van der Waals surface area contributed by atoms with Crippen LogP contribution < -0.4 is 14.5 Å². The minimum Gasteiger partial charge on any atom is -0.489 e. The van der Waals surface area contributed by atoms with Crippen LogP contribution in [-0.4, -0.2) is 55.1 Å². The second kappa shape index (κ2) is 15.2. The summed E-state index contributed by atoms with van der Waals surface area (Å²) >= 11 is 0. The number of nitrogens with zero attached hydrogens (tertiary/aromatic N) is 5. The van der Waals surface area contributed by atoms with Gasteiger partial charge in [-0.25, -0.2) is 23.4 Å². The van der Waals surface area contributed by atoms with Gasteiger partial charge in [0.25, 0.3) is 0 Å². The number of aryl methyl sites for hydroxylation is 1. The summed E-state index contributed by atoms with van der Waals surface area (Å²) in [7, 11) is -3.30. The molecule has 1 saturated carbocycles. The Morgan fingerprint density at radius 2 is 1.57 bits per heavy atom. The summed E-state index contributed by atoms with van der Waals surface area (Å²) in [6.07, 6.45) is -1.94. The van der Waals surface area contributed by atoms with Gasteiger partial charge in [0, 0.05) is 30.3 Å². The predicted octanol–water partition coefficient (Wildman–Crippen LogP) is 8.58. The Hall–Kier alpha value is -4.14. The summed E-state index contributed by atoms with van der Waals surface area (Å²) in [6.45, 7) is 6.67. The molecule has 276 valence electrons. The van der Waals surface area contributed by atoms with Crippen molar-refractivity contribution in [3.63, 3.8) is 0 Å². The lowest BCUT2D eigenvalue weighted by atomic mass is 9.99. The molecule has 8 nitrogen and oxygen atoms in total. The zero-order valence-corrected chi connectivity index (χ0v) is 29.7. The quantitative estimate of drug-likeness (QED) is 0.126.